The van der Waals surface area contributed by atoms with E-state index in [1.165, 1.54) is 18.2 Å². The number of anilines is 2. The van der Waals surface area contributed by atoms with Crippen LogP contribution in [0.4, 0.5) is 16.0 Å². The molecule has 0 bridgehead atoms. The van der Waals surface area contributed by atoms with Crippen LogP contribution < -0.4 is 5.32 Å². The Kier molecular flexibility index (Phi) is 4.20. The van der Waals surface area contributed by atoms with Crippen LogP contribution >= 0.6 is 11.6 Å². The molecule has 0 aliphatic carbocycles. The number of imidazole rings is 1. The van der Waals surface area contributed by atoms with Crippen LogP contribution in [0.15, 0.2) is 30.6 Å². The summed E-state index contributed by atoms with van der Waals surface area (Å²) < 4.78 is 15.1. The summed E-state index contributed by atoms with van der Waals surface area (Å²) in [6.07, 6.45) is 5.79. The van der Waals surface area contributed by atoms with Crippen molar-refractivity contribution in [2.45, 2.75) is 26.3 Å². The van der Waals surface area contributed by atoms with Crippen molar-refractivity contribution in [2.75, 3.05) is 5.32 Å². The molecule has 1 aromatic carbocycles. The van der Waals surface area contributed by atoms with E-state index in [2.05, 4.69) is 17.2 Å². The molecule has 2 aromatic rings. The zero-order chi connectivity index (χ0) is 13.0. The van der Waals surface area contributed by atoms with Crippen molar-refractivity contribution in [1.29, 1.82) is 0 Å². The Morgan fingerprint density at radius 2 is 2.28 bits per heavy atom. The van der Waals surface area contributed by atoms with Gasteiger partial charge in [0.25, 0.3) is 0 Å². The van der Waals surface area contributed by atoms with Crippen molar-refractivity contribution in [3.63, 3.8) is 0 Å². The number of nitrogens with one attached hydrogen (secondary N) is 1. The minimum atomic E-state index is -0.325. The second-order valence-electron chi connectivity index (χ2n) is 4.05. The van der Waals surface area contributed by atoms with Gasteiger partial charge in [0.1, 0.15) is 5.82 Å². The number of aromatic nitrogens is 2. The number of hydrogen-bond donors (Lipinski definition) is 1. The smallest absolute Gasteiger partial charge is 0.207 e. The Morgan fingerprint density at radius 3 is 3.06 bits per heavy atom. The average molecular weight is 268 g/mol. The van der Waals surface area contributed by atoms with Gasteiger partial charge in [0, 0.05) is 18.9 Å². The third-order valence-electron chi connectivity index (χ3n) is 2.64. The minimum absolute atomic E-state index is 0.325. The number of rotatable bonds is 5. The van der Waals surface area contributed by atoms with Crippen LogP contribution in [0, 0.1) is 5.82 Å². The Balaban J connectivity index is 2.18. The second-order valence-corrected chi connectivity index (χ2v) is 4.45. The van der Waals surface area contributed by atoms with Crippen molar-refractivity contribution in [1.82, 2.24) is 9.55 Å². The fourth-order valence-corrected chi connectivity index (χ4v) is 1.82. The van der Waals surface area contributed by atoms with Crippen LogP contribution in [-0.4, -0.2) is 9.55 Å². The van der Waals surface area contributed by atoms with Crippen molar-refractivity contribution >= 4 is 23.2 Å². The van der Waals surface area contributed by atoms with E-state index in [4.69, 9.17) is 11.6 Å². The average Bonchev–Trinajstić information content (AvgIpc) is 2.79. The highest BCUT2D eigenvalue weighted by atomic mass is 35.5. The summed E-state index contributed by atoms with van der Waals surface area (Å²) in [6.45, 7) is 3.01. The molecule has 0 atom stereocenters. The summed E-state index contributed by atoms with van der Waals surface area (Å²) in [4.78, 5) is 4.21. The van der Waals surface area contributed by atoms with E-state index >= 15 is 0 Å². The highest BCUT2D eigenvalue weighted by Gasteiger charge is 2.06. The lowest BCUT2D eigenvalue weighted by Gasteiger charge is -2.10. The van der Waals surface area contributed by atoms with Gasteiger partial charge in [-0.3, -0.25) is 0 Å². The lowest BCUT2D eigenvalue weighted by molar-refractivity contribution is 0.627. The highest BCUT2D eigenvalue weighted by Crippen LogP contribution is 2.25. The van der Waals surface area contributed by atoms with Crippen molar-refractivity contribution < 1.29 is 4.39 Å². The summed E-state index contributed by atoms with van der Waals surface area (Å²) in [5.74, 6) is 0.351. The maximum absolute atomic E-state index is 13.2. The van der Waals surface area contributed by atoms with E-state index in [9.17, 15) is 4.39 Å². The Morgan fingerprint density at radius 1 is 1.44 bits per heavy atom. The zero-order valence-electron chi connectivity index (χ0n) is 10.2. The molecule has 0 fully saturated rings. The lowest BCUT2D eigenvalue weighted by atomic mass is 10.3. The molecule has 0 aliphatic heterocycles. The molecule has 0 radical (unpaired) electrons. The second kappa shape index (κ2) is 5.87. The summed E-state index contributed by atoms with van der Waals surface area (Å²) >= 11 is 6.00. The first-order chi connectivity index (χ1) is 8.70. The van der Waals surface area contributed by atoms with Gasteiger partial charge in [-0.25, -0.2) is 9.37 Å². The standard InChI is InChI=1S/C13H15ClFN3/c1-2-3-7-18-8-6-16-13(18)17-12-9-10(15)4-5-11(12)14/h4-6,8-9H,2-3,7H2,1H3,(H,16,17). The van der Waals surface area contributed by atoms with Gasteiger partial charge >= 0.3 is 0 Å². The number of aryl methyl sites for hydroxylation is 1. The fraction of sp³-hybridized carbons (Fsp3) is 0.308. The topological polar surface area (TPSA) is 29.9 Å². The highest BCUT2D eigenvalue weighted by molar-refractivity contribution is 6.33. The molecule has 3 nitrogen and oxygen atoms in total. The summed E-state index contributed by atoms with van der Waals surface area (Å²) in [6, 6.07) is 4.22. The summed E-state index contributed by atoms with van der Waals surface area (Å²) in [5.41, 5.74) is 0.528. The normalized spacial score (nSPS) is 10.6. The molecule has 0 spiro atoms. The molecule has 5 heteroatoms. The number of halogens is 2. The minimum Gasteiger partial charge on any atom is -0.324 e. The first kappa shape index (κ1) is 12.9. The number of benzene rings is 1. The molecule has 1 aromatic heterocycles. The van der Waals surface area contributed by atoms with Crippen LogP contribution in [0.2, 0.25) is 5.02 Å². The monoisotopic (exact) mass is 267 g/mol. The summed E-state index contributed by atoms with van der Waals surface area (Å²) in [7, 11) is 0. The van der Waals surface area contributed by atoms with Gasteiger partial charge in [0.2, 0.25) is 5.95 Å². The first-order valence-corrected chi connectivity index (χ1v) is 6.31. The predicted octanol–water partition coefficient (Wildman–Crippen LogP) is 4.22. The maximum atomic E-state index is 13.2. The van der Waals surface area contributed by atoms with Crippen molar-refractivity contribution in [3.8, 4) is 0 Å². The van der Waals surface area contributed by atoms with Gasteiger partial charge < -0.3 is 9.88 Å². The molecule has 0 amide bonds. The quantitative estimate of drug-likeness (QED) is 0.879. The van der Waals surface area contributed by atoms with Gasteiger partial charge in [-0.05, 0) is 24.6 Å². The molecule has 2 rings (SSSR count). The van der Waals surface area contributed by atoms with Gasteiger partial charge in [-0.15, -0.1) is 0 Å². The van der Waals surface area contributed by atoms with Crippen LogP contribution in [0.1, 0.15) is 19.8 Å². The third kappa shape index (κ3) is 3.01. The lowest BCUT2D eigenvalue weighted by Crippen LogP contribution is -2.03. The van der Waals surface area contributed by atoms with Crippen molar-refractivity contribution in [3.05, 3.63) is 41.4 Å². The Hall–Kier alpha value is -1.55. The Labute approximate surface area is 111 Å². The molecular formula is C13H15ClFN3. The van der Waals surface area contributed by atoms with E-state index in [0.29, 0.717) is 16.7 Å². The molecule has 0 saturated heterocycles. The third-order valence-corrected chi connectivity index (χ3v) is 2.97. The molecule has 0 saturated carbocycles. The van der Waals surface area contributed by atoms with E-state index < -0.39 is 0 Å². The number of nitrogens with zero attached hydrogens (tertiary/aromatic N) is 2. The SMILES string of the molecule is CCCCn1ccnc1Nc1cc(F)ccc1Cl. The van der Waals surface area contributed by atoms with E-state index in [0.717, 1.165) is 19.4 Å². The Bertz CT molecular complexity index is 525. The number of hydrogen-bond acceptors (Lipinski definition) is 2. The predicted molar refractivity (Wildman–Crippen MR) is 71.8 cm³/mol. The van der Waals surface area contributed by atoms with Gasteiger partial charge in [-0.2, -0.15) is 0 Å². The zero-order valence-corrected chi connectivity index (χ0v) is 10.9. The first-order valence-electron chi connectivity index (χ1n) is 5.94. The molecule has 18 heavy (non-hydrogen) atoms. The van der Waals surface area contributed by atoms with E-state index in [1.54, 1.807) is 6.20 Å². The van der Waals surface area contributed by atoms with Crippen LogP contribution in [-0.2, 0) is 6.54 Å². The summed E-state index contributed by atoms with van der Waals surface area (Å²) in [5, 5.41) is 3.52. The molecule has 96 valence electrons. The maximum Gasteiger partial charge on any atom is 0.207 e. The van der Waals surface area contributed by atoms with E-state index in [1.807, 2.05) is 10.8 Å². The molecular weight excluding hydrogens is 253 g/mol. The van der Waals surface area contributed by atoms with E-state index in [-0.39, 0.29) is 5.82 Å². The van der Waals surface area contributed by atoms with Crippen LogP contribution in [0.5, 0.6) is 0 Å². The largest absolute Gasteiger partial charge is 0.324 e. The van der Waals surface area contributed by atoms with Gasteiger partial charge in [0.05, 0.1) is 10.7 Å². The molecule has 0 unspecified atom stereocenters. The molecule has 0 aliphatic rings. The fourth-order valence-electron chi connectivity index (χ4n) is 1.66. The van der Waals surface area contributed by atoms with Gasteiger partial charge in [0.15, 0.2) is 0 Å². The van der Waals surface area contributed by atoms with Gasteiger partial charge in [-0.1, -0.05) is 24.9 Å². The molecule has 1 N–H and O–H groups in total. The van der Waals surface area contributed by atoms with Crippen LogP contribution in [0.25, 0.3) is 0 Å². The molecule has 1 heterocycles. The van der Waals surface area contributed by atoms with Crippen molar-refractivity contribution in [2.24, 2.45) is 0 Å². The number of unbranched alkanes of at least 4 members (excludes halogenated alkanes) is 1. The van der Waals surface area contributed by atoms with Crippen LogP contribution in [0.3, 0.4) is 0 Å².